The van der Waals surface area contributed by atoms with Gasteiger partial charge in [0.15, 0.2) is 0 Å². The first-order chi connectivity index (χ1) is 10.1. The summed E-state index contributed by atoms with van der Waals surface area (Å²) in [6.07, 6.45) is 6.22. The first kappa shape index (κ1) is 15.3. The van der Waals surface area contributed by atoms with Gasteiger partial charge in [0.25, 0.3) is 0 Å². The molecule has 0 amide bonds. The van der Waals surface area contributed by atoms with Gasteiger partial charge in [-0.25, -0.2) is 4.39 Å². The van der Waals surface area contributed by atoms with Crippen molar-refractivity contribution in [1.29, 1.82) is 0 Å². The van der Waals surface area contributed by atoms with E-state index in [1.165, 1.54) is 31.7 Å². The molecule has 1 spiro atoms. The van der Waals surface area contributed by atoms with Crippen LogP contribution in [0.2, 0.25) is 5.02 Å². The van der Waals surface area contributed by atoms with Crippen molar-refractivity contribution < 1.29 is 4.39 Å². The Labute approximate surface area is 131 Å². The zero-order valence-electron chi connectivity index (χ0n) is 12.7. The van der Waals surface area contributed by atoms with E-state index in [4.69, 9.17) is 11.6 Å². The van der Waals surface area contributed by atoms with Crippen LogP contribution in [0.4, 0.5) is 4.39 Å². The summed E-state index contributed by atoms with van der Waals surface area (Å²) in [5.41, 5.74) is 0.962. The third-order valence-electron chi connectivity index (χ3n) is 5.13. The third kappa shape index (κ3) is 3.41. The number of hydrogen-bond donors (Lipinski definition) is 1. The number of rotatable bonds is 2. The van der Waals surface area contributed by atoms with Gasteiger partial charge in [-0.05, 0) is 50.9 Å². The van der Waals surface area contributed by atoms with Crippen LogP contribution in [0.5, 0.6) is 0 Å². The Hall–Kier alpha value is -0.640. The summed E-state index contributed by atoms with van der Waals surface area (Å²) in [5.74, 6) is -0.149. The van der Waals surface area contributed by atoms with E-state index >= 15 is 0 Å². The van der Waals surface area contributed by atoms with Crippen molar-refractivity contribution in [3.8, 4) is 0 Å². The van der Waals surface area contributed by atoms with Crippen molar-refractivity contribution in [2.45, 2.75) is 57.2 Å². The van der Waals surface area contributed by atoms with Crippen LogP contribution in [0.3, 0.4) is 0 Å². The molecule has 1 saturated carbocycles. The number of hydrogen-bond acceptors (Lipinski definition) is 2. The van der Waals surface area contributed by atoms with E-state index in [9.17, 15) is 4.39 Å². The molecule has 0 aromatic heterocycles. The Morgan fingerprint density at radius 1 is 1.38 bits per heavy atom. The van der Waals surface area contributed by atoms with Crippen molar-refractivity contribution in [1.82, 2.24) is 10.2 Å². The van der Waals surface area contributed by atoms with Crippen LogP contribution in [0.25, 0.3) is 0 Å². The minimum atomic E-state index is -0.149. The molecule has 1 unspecified atom stereocenters. The fourth-order valence-electron chi connectivity index (χ4n) is 3.81. The second-order valence-electron chi connectivity index (χ2n) is 6.69. The Morgan fingerprint density at radius 2 is 2.14 bits per heavy atom. The van der Waals surface area contributed by atoms with Crippen molar-refractivity contribution in [2.24, 2.45) is 0 Å². The summed E-state index contributed by atoms with van der Waals surface area (Å²) < 4.78 is 14.0. The van der Waals surface area contributed by atoms with Crippen molar-refractivity contribution in [3.63, 3.8) is 0 Å². The fourth-order valence-corrected chi connectivity index (χ4v) is 4.01. The van der Waals surface area contributed by atoms with E-state index in [-0.39, 0.29) is 11.4 Å². The maximum Gasteiger partial charge on any atom is 0.127 e. The molecule has 1 N–H and O–H groups in total. The zero-order chi connectivity index (χ0) is 14.9. The van der Waals surface area contributed by atoms with Crippen molar-refractivity contribution >= 4 is 11.6 Å². The smallest absolute Gasteiger partial charge is 0.127 e. The second-order valence-corrected chi connectivity index (χ2v) is 7.13. The normalized spacial score (nSPS) is 26.1. The topological polar surface area (TPSA) is 15.3 Å². The SMILES string of the molecule is CC1CCNC2(CCCC2)CN1Cc1cc(Cl)ccc1F. The molecule has 1 aromatic carbocycles. The largest absolute Gasteiger partial charge is 0.310 e. The zero-order valence-corrected chi connectivity index (χ0v) is 13.4. The molecule has 116 valence electrons. The molecule has 0 bridgehead atoms. The molecule has 2 fully saturated rings. The Kier molecular flexibility index (Phi) is 4.53. The summed E-state index contributed by atoms with van der Waals surface area (Å²) >= 11 is 6.03. The lowest BCUT2D eigenvalue weighted by Gasteiger charge is -2.35. The number of halogens is 2. The summed E-state index contributed by atoms with van der Waals surface area (Å²) in [6, 6.07) is 5.33. The minimum absolute atomic E-state index is 0.149. The van der Waals surface area contributed by atoms with E-state index in [1.807, 2.05) is 0 Å². The second kappa shape index (κ2) is 6.23. The van der Waals surface area contributed by atoms with Crippen LogP contribution in [-0.4, -0.2) is 29.6 Å². The minimum Gasteiger partial charge on any atom is -0.310 e. The molecule has 2 aliphatic rings. The average molecular weight is 311 g/mol. The first-order valence-electron chi connectivity index (χ1n) is 8.01. The highest BCUT2D eigenvalue weighted by molar-refractivity contribution is 6.30. The fraction of sp³-hybridized carbons (Fsp3) is 0.647. The van der Waals surface area contributed by atoms with Crippen LogP contribution in [0, 0.1) is 5.82 Å². The lowest BCUT2D eigenvalue weighted by Crippen LogP contribution is -2.50. The molecule has 1 saturated heterocycles. The van der Waals surface area contributed by atoms with Gasteiger partial charge in [-0.1, -0.05) is 24.4 Å². The molecule has 1 aliphatic carbocycles. The standard InChI is InChI=1S/C17H24ClFN2/c1-13-6-9-20-17(7-2-3-8-17)12-21(13)11-14-10-15(18)4-5-16(14)19/h4-5,10,13,20H,2-3,6-9,11-12H2,1H3. The van der Waals surface area contributed by atoms with Gasteiger partial charge < -0.3 is 5.32 Å². The third-order valence-corrected chi connectivity index (χ3v) is 5.37. The number of nitrogens with one attached hydrogen (secondary N) is 1. The molecule has 1 atom stereocenters. The Morgan fingerprint density at radius 3 is 2.90 bits per heavy atom. The molecule has 21 heavy (non-hydrogen) atoms. The summed E-state index contributed by atoms with van der Waals surface area (Å²) in [4.78, 5) is 2.43. The maximum atomic E-state index is 14.0. The molecule has 2 nitrogen and oxygen atoms in total. The summed E-state index contributed by atoms with van der Waals surface area (Å²) in [7, 11) is 0. The quantitative estimate of drug-likeness (QED) is 0.889. The van der Waals surface area contributed by atoms with Crippen LogP contribution in [0.1, 0.15) is 44.6 Å². The van der Waals surface area contributed by atoms with Crippen molar-refractivity contribution in [2.75, 3.05) is 13.1 Å². The van der Waals surface area contributed by atoms with E-state index < -0.39 is 0 Å². The molecule has 0 radical (unpaired) electrons. The van der Waals surface area contributed by atoms with Gasteiger partial charge >= 0.3 is 0 Å². The molecular weight excluding hydrogens is 287 g/mol. The van der Waals surface area contributed by atoms with Gasteiger partial charge in [-0.2, -0.15) is 0 Å². The van der Waals surface area contributed by atoms with E-state index in [0.717, 1.165) is 19.5 Å². The van der Waals surface area contributed by atoms with Crippen molar-refractivity contribution in [3.05, 3.63) is 34.6 Å². The maximum absolute atomic E-state index is 14.0. The van der Waals surface area contributed by atoms with Gasteiger partial charge in [0, 0.05) is 35.3 Å². The molecule has 1 heterocycles. The van der Waals surface area contributed by atoms with Gasteiger partial charge in [-0.3, -0.25) is 4.90 Å². The number of nitrogens with zero attached hydrogens (tertiary/aromatic N) is 1. The molecular formula is C17H24ClFN2. The van der Waals surface area contributed by atoms with Gasteiger partial charge in [0.2, 0.25) is 0 Å². The molecule has 3 rings (SSSR count). The van der Waals surface area contributed by atoms with Crippen LogP contribution in [0.15, 0.2) is 18.2 Å². The summed E-state index contributed by atoms with van der Waals surface area (Å²) in [6.45, 7) is 4.98. The average Bonchev–Trinajstić information content (AvgIpc) is 2.84. The van der Waals surface area contributed by atoms with Crippen LogP contribution >= 0.6 is 11.6 Å². The van der Waals surface area contributed by atoms with Gasteiger partial charge in [0.05, 0.1) is 0 Å². The predicted molar refractivity (Wildman–Crippen MR) is 85.1 cm³/mol. The molecule has 4 heteroatoms. The van der Waals surface area contributed by atoms with Crippen LogP contribution in [-0.2, 0) is 6.54 Å². The Bertz CT molecular complexity index is 500. The first-order valence-corrected chi connectivity index (χ1v) is 8.39. The summed E-state index contributed by atoms with van der Waals surface area (Å²) in [5, 5.41) is 4.38. The van der Waals surface area contributed by atoms with E-state index in [2.05, 4.69) is 17.1 Å². The lowest BCUT2D eigenvalue weighted by atomic mass is 9.96. The Balaban J connectivity index is 1.79. The van der Waals surface area contributed by atoms with Crippen LogP contribution < -0.4 is 5.32 Å². The molecule has 1 aliphatic heterocycles. The highest BCUT2D eigenvalue weighted by atomic mass is 35.5. The van der Waals surface area contributed by atoms with E-state index in [1.54, 1.807) is 12.1 Å². The highest BCUT2D eigenvalue weighted by Gasteiger charge is 2.38. The van der Waals surface area contributed by atoms with Gasteiger partial charge in [-0.15, -0.1) is 0 Å². The predicted octanol–water partition coefficient (Wildman–Crippen LogP) is 3.98. The van der Waals surface area contributed by atoms with Gasteiger partial charge in [0.1, 0.15) is 5.82 Å². The molecule has 1 aromatic rings. The highest BCUT2D eigenvalue weighted by Crippen LogP contribution is 2.33. The van der Waals surface area contributed by atoms with E-state index in [0.29, 0.717) is 23.2 Å². The lowest BCUT2D eigenvalue weighted by molar-refractivity contribution is 0.158. The monoisotopic (exact) mass is 310 g/mol. The number of benzene rings is 1.